The van der Waals surface area contributed by atoms with Crippen LogP contribution in [-0.2, 0) is 12.8 Å². The highest BCUT2D eigenvalue weighted by molar-refractivity contribution is 7.09. The predicted octanol–water partition coefficient (Wildman–Crippen LogP) is 2.86. The van der Waals surface area contributed by atoms with Crippen LogP contribution in [0.25, 0.3) is 0 Å². The number of halogens is 2. The molecule has 1 atom stereocenters. The van der Waals surface area contributed by atoms with E-state index in [1.807, 2.05) is 12.3 Å². The summed E-state index contributed by atoms with van der Waals surface area (Å²) in [6, 6.07) is 4.47. The van der Waals surface area contributed by atoms with Crippen molar-refractivity contribution in [2.75, 3.05) is 0 Å². The van der Waals surface area contributed by atoms with Crippen molar-refractivity contribution in [1.82, 2.24) is 10.4 Å². The molecule has 2 rings (SSSR count). The van der Waals surface area contributed by atoms with E-state index in [0.29, 0.717) is 23.4 Å². The Balaban J connectivity index is 2.08. The Morgan fingerprint density at radius 3 is 2.89 bits per heavy atom. The minimum absolute atomic E-state index is 0.0746. The van der Waals surface area contributed by atoms with E-state index in [-0.39, 0.29) is 11.9 Å². The fraction of sp³-hybridized carbons (Fsp3) is 0.308. The van der Waals surface area contributed by atoms with Gasteiger partial charge >= 0.3 is 0 Å². The van der Waals surface area contributed by atoms with Gasteiger partial charge in [-0.25, -0.2) is 9.37 Å². The first-order chi connectivity index (χ1) is 9.08. The molecule has 1 heterocycles. The third-order valence-corrected chi connectivity index (χ3v) is 3.89. The zero-order chi connectivity index (χ0) is 13.8. The minimum atomic E-state index is -0.265. The van der Waals surface area contributed by atoms with Crippen LogP contribution in [0.1, 0.15) is 16.3 Å². The van der Waals surface area contributed by atoms with Gasteiger partial charge in [-0.05, 0) is 37.1 Å². The number of hydrazine groups is 1. The standard InChI is InChI=1S/C13H15ClFN3S/c1-8-17-12(7-19-8)6-11(18-16)5-9-4-10(14)2-3-13(9)15/h2-4,7,11,18H,5-6,16H2,1H3. The average Bonchev–Trinajstić information content (AvgIpc) is 2.78. The number of nitrogens with two attached hydrogens (primary N) is 1. The fourth-order valence-electron chi connectivity index (χ4n) is 1.91. The smallest absolute Gasteiger partial charge is 0.126 e. The lowest BCUT2D eigenvalue weighted by Gasteiger charge is -2.15. The largest absolute Gasteiger partial charge is 0.271 e. The molecule has 0 amide bonds. The van der Waals surface area contributed by atoms with Gasteiger partial charge in [-0.3, -0.25) is 11.3 Å². The minimum Gasteiger partial charge on any atom is -0.271 e. The zero-order valence-electron chi connectivity index (χ0n) is 10.5. The van der Waals surface area contributed by atoms with Crippen molar-refractivity contribution >= 4 is 22.9 Å². The van der Waals surface area contributed by atoms with Crippen molar-refractivity contribution in [3.8, 4) is 0 Å². The van der Waals surface area contributed by atoms with Crippen molar-refractivity contribution in [1.29, 1.82) is 0 Å². The average molecular weight is 300 g/mol. The second-order valence-corrected chi connectivity index (χ2v) is 5.86. The molecule has 3 N–H and O–H groups in total. The van der Waals surface area contributed by atoms with Gasteiger partial charge in [-0.1, -0.05) is 11.6 Å². The first kappa shape index (κ1) is 14.4. The van der Waals surface area contributed by atoms with Crippen LogP contribution in [0.15, 0.2) is 23.6 Å². The van der Waals surface area contributed by atoms with E-state index in [0.717, 1.165) is 10.7 Å². The highest BCUT2D eigenvalue weighted by Gasteiger charge is 2.13. The van der Waals surface area contributed by atoms with E-state index in [4.69, 9.17) is 17.4 Å². The van der Waals surface area contributed by atoms with Crippen molar-refractivity contribution in [2.45, 2.75) is 25.8 Å². The van der Waals surface area contributed by atoms with Gasteiger partial charge in [0.1, 0.15) is 5.82 Å². The van der Waals surface area contributed by atoms with Crippen LogP contribution in [0, 0.1) is 12.7 Å². The van der Waals surface area contributed by atoms with Crippen LogP contribution in [0.5, 0.6) is 0 Å². The first-order valence-corrected chi connectivity index (χ1v) is 7.15. The van der Waals surface area contributed by atoms with Crippen molar-refractivity contribution in [3.05, 3.63) is 50.7 Å². The number of benzene rings is 1. The Morgan fingerprint density at radius 1 is 1.47 bits per heavy atom. The van der Waals surface area contributed by atoms with Crippen LogP contribution in [-0.4, -0.2) is 11.0 Å². The van der Waals surface area contributed by atoms with Gasteiger partial charge < -0.3 is 0 Å². The molecule has 0 aliphatic carbocycles. The molecule has 19 heavy (non-hydrogen) atoms. The number of nitrogens with zero attached hydrogens (tertiary/aromatic N) is 1. The maximum atomic E-state index is 13.7. The number of aryl methyl sites for hydroxylation is 1. The summed E-state index contributed by atoms with van der Waals surface area (Å²) in [5.41, 5.74) is 4.23. The third kappa shape index (κ3) is 3.98. The molecule has 0 radical (unpaired) electrons. The van der Waals surface area contributed by atoms with E-state index in [1.54, 1.807) is 17.4 Å². The molecule has 3 nitrogen and oxygen atoms in total. The summed E-state index contributed by atoms with van der Waals surface area (Å²) < 4.78 is 13.7. The molecule has 0 spiro atoms. The van der Waals surface area contributed by atoms with E-state index in [9.17, 15) is 4.39 Å². The molecule has 0 aliphatic heterocycles. The maximum Gasteiger partial charge on any atom is 0.126 e. The predicted molar refractivity (Wildman–Crippen MR) is 76.8 cm³/mol. The highest BCUT2D eigenvalue weighted by atomic mass is 35.5. The molecule has 0 bridgehead atoms. The zero-order valence-corrected chi connectivity index (χ0v) is 12.1. The number of thiazole rings is 1. The van der Waals surface area contributed by atoms with Crippen LogP contribution in [0.2, 0.25) is 5.02 Å². The lowest BCUT2D eigenvalue weighted by molar-refractivity contribution is 0.503. The number of aromatic nitrogens is 1. The molecule has 1 aromatic carbocycles. The second kappa shape index (κ2) is 6.43. The molecule has 6 heteroatoms. The lowest BCUT2D eigenvalue weighted by Crippen LogP contribution is -2.38. The molecule has 2 aromatic rings. The molecular formula is C13H15ClFN3S. The lowest BCUT2D eigenvalue weighted by atomic mass is 10.0. The van der Waals surface area contributed by atoms with E-state index in [1.165, 1.54) is 12.1 Å². The van der Waals surface area contributed by atoms with Gasteiger partial charge in [0.2, 0.25) is 0 Å². The summed E-state index contributed by atoms with van der Waals surface area (Å²) in [6.45, 7) is 1.95. The number of hydrogen-bond donors (Lipinski definition) is 2. The SMILES string of the molecule is Cc1nc(CC(Cc2cc(Cl)ccc2F)NN)cs1. The molecule has 1 unspecified atom stereocenters. The van der Waals surface area contributed by atoms with Crippen molar-refractivity contribution in [3.63, 3.8) is 0 Å². The highest BCUT2D eigenvalue weighted by Crippen LogP contribution is 2.18. The van der Waals surface area contributed by atoms with Crippen LogP contribution in [0.3, 0.4) is 0 Å². The summed E-state index contributed by atoms with van der Waals surface area (Å²) >= 11 is 7.47. The summed E-state index contributed by atoms with van der Waals surface area (Å²) in [5, 5.41) is 3.53. The monoisotopic (exact) mass is 299 g/mol. The summed E-state index contributed by atoms with van der Waals surface area (Å²) in [7, 11) is 0. The van der Waals surface area contributed by atoms with E-state index in [2.05, 4.69) is 10.4 Å². The fourth-order valence-corrected chi connectivity index (χ4v) is 2.73. The van der Waals surface area contributed by atoms with Crippen LogP contribution in [0.4, 0.5) is 4.39 Å². The third-order valence-electron chi connectivity index (χ3n) is 2.83. The van der Waals surface area contributed by atoms with Gasteiger partial charge in [0.15, 0.2) is 0 Å². The Hall–Kier alpha value is -1.01. The first-order valence-electron chi connectivity index (χ1n) is 5.89. The molecular weight excluding hydrogens is 285 g/mol. The molecule has 0 saturated carbocycles. The van der Waals surface area contributed by atoms with Crippen LogP contribution >= 0.6 is 22.9 Å². The van der Waals surface area contributed by atoms with Gasteiger partial charge in [0, 0.05) is 22.9 Å². The summed E-state index contributed by atoms with van der Waals surface area (Å²) in [5.74, 6) is 5.27. The van der Waals surface area contributed by atoms with Gasteiger partial charge in [0.05, 0.1) is 10.7 Å². The normalized spacial score (nSPS) is 12.6. The van der Waals surface area contributed by atoms with E-state index < -0.39 is 0 Å². The van der Waals surface area contributed by atoms with Crippen LogP contribution < -0.4 is 11.3 Å². The summed E-state index contributed by atoms with van der Waals surface area (Å²) in [4.78, 5) is 4.38. The number of nitrogens with one attached hydrogen (secondary N) is 1. The molecule has 1 aromatic heterocycles. The van der Waals surface area contributed by atoms with Crippen molar-refractivity contribution < 1.29 is 4.39 Å². The van der Waals surface area contributed by atoms with Crippen molar-refractivity contribution in [2.24, 2.45) is 5.84 Å². The summed E-state index contributed by atoms with van der Waals surface area (Å²) in [6.07, 6.45) is 1.13. The molecule has 102 valence electrons. The number of rotatable bonds is 5. The Bertz CT molecular complexity index is 559. The Labute approximate surface area is 120 Å². The van der Waals surface area contributed by atoms with E-state index >= 15 is 0 Å². The molecule has 0 fully saturated rings. The van der Waals surface area contributed by atoms with Gasteiger partial charge in [-0.15, -0.1) is 11.3 Å². The maximum absolute atomic E-state index is 13.7. The quantitative estimate of drug-likeness (QED) is 0.659. The molecule has 0 aliphatic rings. The topological polar surface area (TPSA) is 50.9 Å². The molecule has 0 saturated heterocycles. The second-order valence-electron chi connectivity index (χ2n) is 4.37. The van der Waals surface area contributed by atoms with Gasteiger partial charge in [-0.2, -0.15) is 0 Å². The Morgan fingerprint density at radius 2 is 2.26 bits per heavy atom. The van der Waals surface area contributed by atoms with Gasteiger partial charge in [0.25, 0.3) is 0 Å². The Kier molecular flexibility index (Phi) is 4.87. The number of hydrogen-bond acceptors (Lipinski definition) is 4.